The Morgan fingerprint density at radius 3 is 2.62 bits per heavy atom. The topological polar surface area (TPSA) is 78.4 Å². The third kappa shape index (κ3) is 3.52. The summed E-state index contributed by atoms with van der Waals surface area (Å²) < 4.78 is 0. The maximum atomic E-state index is 12.3. The van der Waals surface area contributed by atoms with E-state index in [0.29, 0.717) is 17.0 Å². The van der Waals surface area contributed by atoms with Gasteiger partial charge in [-0.2, -0.15) is 0 Å². The molecule has 2 aliphatic rings. The molecule has 2 fully saturated rings. The van der Waals surface area contributed by atoms with Gasteiger partial charge in [0.1, 0.15) is 5.01 Å². The SMILES string of the molecule is CN(C(=O)Nc1nnc(C2CC2)s1)C1CCC(CO)CC1. The normalized spacial score (nSPS) is 25.6. The molecule has 0 bridgehead atoms. The van der Waals surface area contributed by atoms with Crippen LogP contribution < -0.4 is 5.32 Å². The molecular weight excluding hydrogens is 288 g/mol. The van der Waals surface area contributed by atoms with Crippen LogP contribution >= 0.6 is 11.3 Å². The van der Waals surface area contributed by atoms with E-state index in [4.69, 9.17) is 5.11 Å². The Balaban J connectivity index is 1.51. The molecule has 0 aromatic carbocycles. The van der Waals surface area contributed by atoms with Crippen LogP contribution in [-0.4, -0.2) is 45.9 Å². The molecule has 7 heteroatoms. The second-order valence-corrected chi connectivity index (χ2v) is 7.13. The molecule has 2 saturated carbocycles. The van der Waals surface area contributed by atoms with Crippen molar-refractivity contribution in [2.24, 2.45) is 5.92 Å². The molecule has 0 atom stereocenters. The van der Waals surface area contributed by atoms with Crippen molar-refractivity contribution >= 4 is 22.5 Å². The highest BCUT2D eigenvalue weighted by atomic mass is 32.1. The molecule has 0 unspecified atom stereocenters. The van der Waals surface area contributed by atoms with Gasteiger partial charge in [0.05, 0.1) is 0 Å². The number of aliphatic hydroxyl groups excluding tert-OH is 1. The van der Waals surface area contributed by atoms with E-state index < -0.39 is 0 Å². The van der Waals surface area contributed by atoms with Crippen LogP contribution in [0.2, 0.25) is 0 Å². The standard InChI is InChI=1S/C14H22N4O2S/c1-18(11-6-2-9(8-19)3-7-11)14(20)15-13-17-16-12(21-13)10-4-5-10/h9-11,19H,2-8H2,1H3,(H,15,17,20). The van der Waals surface area contributed by atoms with E-state index in [1.165, 1.54) is 24.2 Å². The van der Waals surface area contributed by atoms with Gasteiger partial charge in [-0.1, -0.05) is 11.3 Å². The third-order valence-electron chi connectivity index (χ3n) is 4.52. The average Bonchev–Trinajstić information content (AvgIpc) is 3.27. The first-order valence-corrected chi connectivity index (χ1v) is 8.47. The van der Waals surface area contributed by atoms with E-state index in [-0.39, 0.29) is 18.7 Å². The Labute approximate surface area is 128 Å². The van der Waals surface area contributed by atoms with Crippen LogP contribution in [0.3, 0.4) is 0 Å². The second kappa shape index (κ2) is 6.27. The Morgan fingerprint density at radius 1 is 1.29 bits per heavy atom. The molecule has 2 aliphatic carbocycles. The number of rotatable bonds is 4. The van der Waals surface area contributed by atoms with Gasteiger partial charge in [-0.05, 0) is 44.4 Å². The van der Waals surface area contributed by atoms with Crippen LogP contribution in [0.5, 0.6) is 0 Å². The maximum absolute atomic E-state index is 12.3. The van der Waals surface area contributed by atoms with E-state index in [9.17, 15) is 4.79 Å². The zero-order chi connectivity index (χ0) is 14.8. The van der Waals surface area contributed by atoms with E-state index in [0.717, 1.165) is 30.7 Å². The monoisotopic (exact) mass is 310 g/mol. The van der Waals surface area contributed by atoms with Gasteiger partial charge in [-0.25, -0.2) is 4.79 Å². The zero-order valence-electron chi connectivity index (χ0n) is 12.3. The number of nitrogens with zero attached hydrogens (tertiary/aromatic N) is 3. The smallest absolute Gasteiger partial charge is 0.323 e. The summed E-state index contributed by atoms with van der Waals surface area (Å²) >= 11 is 1.49. The van der Waals surface area contributed by atoms with Gasteiger partial charge in [-0.3, -0.25) is 5.32 Å². The number of aromatic nitrogens is 2. The van der Waals surface area contributed by atoms with Crippen molar-refractivity contribution in [1.29, 1.82) is 0 Å². The van der Waals surface area contributed by atoms with Crippen molar-refractivity contribution in [3.63, 3.8) is 0 Å². The molecule has 1 heterocycles. The number of hydrogen-bond acceptors (Lipinski definition) is 5. The summed E-state index contributed by atoms with van der Waals surface area (Å²) in [5.41, 5.74) is 0. The first-order chi connectivity index (χ1) is 10.2. The molecule has 2 amide bonds. The molecule has 0 radical (unpaired) electrons. The Morgan fingerprint density at radius 2 is 2.00 bits per heavy atom. The zero-order valence-corrected chi connectivity index (χ0v) is 13.1. The number of hydrogen-bond donors (Lipinski definition) is 2. The Bertz CT molecular complexity index is 495. The highest BCUT2D eigenvalue weighted by molar-refractivity contribution is 7.15. The number of carbonyl (C=O) groups is 1. The van der Waals surface area contributed by atoms with Crippen molar-refractivity contribution in [3.8, 4) is 0 Å². The predicted octanol–water partition coefficient (Wildman–Crippen LogP) is 2.43. The summed E-state index contributed by atoms with van der Waals surface area (Å²) in [6.07, 6.45) is 6.27. The van der Waals surface area contributed by atoms with Gasteiger partial charge >= 0.3 is 6.03 Å². The lowest BCUT2D eigenvalue weighted by molar-refractivity contribution is 0.139. The summed E-state index contributed by atoms with van der Waals surface area (Å²) in [4.78, 5) is 14.0. The van der Waals surface area contributed by atoms with E-state index >= 15 is 0 Å². The molecule has 116 valence electrons. The highest BCUT2D eigenvalue weighted by Crippen LogP contribution is 2.42. The number of aliphatic hydroxyl groups is 1. The van der Waals surface area contributed by atoms with E-state index in [1.807, 2.05) is 7.05 Å². The summed E-state index contributed by atoms with van der Waals surface area (Å²) in [5.74, 6) is 0.974. The van der Waals surface area contributed by atoms with Gasteiger partial charge in [0.15, 0.2) is 0 Å². The molecule has 0 spiro atoms. The quantitative estimate of drug-likeness (QED) is 0.895. The van der Waals surface area contributed by atoms with Gasteiger partial charge in [0.2, 0.25) is 5.13 Å². The van der Waals surface area contributed by atoms with Gasteiger partial charge in [0, 0.05) is 25.6 Å². The van der Waals surface area contributed by atoms with Crippen molar-refractivity contribution in [1.82, 2.24) is 15.1 Å². The number of nitrogens with one attached hydrogen (secondary N) is 1. The first kappa shape index (κ1) is 14.7. The van der Waals surface area contributed by atoms with Crippen LogP contribution in [-0.2, 0) is 0 Å². The summed E-state index contributed by atoms with van der Waals surface area (Å²) in [6, 6.07) is 0.143. The molecule has 3 rings (SSSR count). The van der Waals surface area contributed by atoms with E-state index in [2.05, 4.69) is 15.5 Å². The Kier molecular flexibility index (Phi) is 4.40. The maximum Gasteiger partial charge on any atom is 0.323 e. The average molecular weight is 310 g/mol. The first-order valence-electron chi connectivity index (χ1n) is 7.65. The third-order valence-corrected chi connectivity index (χ3v) is 5.52. The van der Waals surface area contributed by atoms with Gasteiger partial charge in [0.25, 0.3) is 0 Å². The molecular formula is C14H22N4O2S. The van der Waals surface area contributed by atoms with Crippen LogP contribution in [0, 0.1) is 5.92 Å². The number of amides is 2. The molecule has 21 heavy (non-hydrogen) atoms. The molecule has 2 N–H and O–H groups in total. The molecule has 1 aromatic rings. The van der Waals surface area contributed by atoms with Crippen LogP contribution in [0.1, 0.15) is 49.5 Å². The van der Waals surface area contributed by atoms with Crippen LogP contribution in [0.15, 0.2) is 0 Å². The molecule has 0 aliphatic heterocycles. The highest BCUT2D eigenvalue weighted by Gasteiger charge is 2.29. The van der Waals surface area contributed by atoms with Crippen LogP contribution in [0.4, 0.5) is 9.93 Å². The minimum absolute atomic E-state index is 0.110. The lowest BCUT2D eigenvalue weighted by Gasteiger charge is -2.33. The molecule has 1 aromatic heterocycles. The Hall–Kier alpha value is -1.21. The van der Waals surface area contributed by atoms with E-state index in [1.54, 1.807) is 4.90 Å². The van der Waals surface area contributed by atoms with Crippen molar-refractivity contribution in [2.45, 2.75) is 50.5 Å². The van der Waals surface area contributed by atoms with Crippen molar-refractivity contribution in [2.75, 3.05) is 19.0 Å². The van der Waals surface area contributed by atoms with Crippen molar-refractivity contribution in [3.05, 3.63) is 5.01 Å². The minimum atomic E-state index is -0.110. The van der Waals surface area contributed by atoms with Crippen LogP contribution in [0.25, 0.3) is 0 Å². The lowest BCUT2D eigenvalue weighted by Crippen LogP contribution is -2.42. The fourth-order valence-electron chi connectivity index (χ4n) is 2.84. The van der Waals surface area contributed by atoms with Crippen molar-refractivity contribution < 1.29 is 9.90 Å². The predicted molar refractivity (Wildman–Crippen MR) is 81.5 cm³/mol. The number of anilines is 1. The molecule has 6 nitrogen and oxygen atoms in total. The second-order valence-electron chi connectivity index (χ2n) is 6.12. The minimum Gasteiger partial charge on any atom is -0.396 e. The fraction of sp³-hybridized carbons (Fsp3) is 0.786. The number of carbonyl (C=O) groups excluding carboxylic acids is 1. The summed E-state index contributed by atoms with van der Waals surface area (Å²) in [5, 5.41) is 21.8. The van der Waals surface area contributed by atoms with Gasteiger partial charge < -0.3 is 10.0 Å². The largest absolute Gasteiger partial charge is 0.396 e. The summed E-state index contributed by atoms with van der Waals surface area (Å²) in [7, 11) is 1.84. The lowest BCUT2D eigenvalue weighted by atomic mass is 9.86. The van der Waals surface area contributed by atoms with Gasteiger partial charge in [-0.15, -0.1) is 10.2 Å². The number of urea groups is 1. The fourth-order valence-corrected chi connectivity index (χ4v) is 3.74. The molecule has 0 saturated heterocycles. The summed E-state index contributed by atoms with van der Waals surface area (Å²) in [6.45, 7) is 0.261.